The van der Waals surface area contributed by atoms with Crippen LogP contribution in [0.1, 0.15) is 19.7 Å². The highest BCUT2D eigenvalue weighted by atomic mass is 79.9. The summed E-state index contributed by atoms with van der Waals surface area (Å²) in [7, 11) is 0. The lowest BCUT2D eigenvalue weighted by Gasteiger charge is -2.25. The van der Waals surface area contributed by atoms with E-state index in [4.69, 9.17) is 9.15 Å². The fourth-order valence-electron chi connectivity index (χ4n) is 4.52. The predicted molar refractivity (Wildman–Crippen MR) is 93.0 cm³/mol. The quantitative estimate of drug-likeness (QED) is 0.541. The van der Waals surface area contributed by atoms with Gasteiger partial charge in [0.15, 0.2) is 11.5 Å². The van der Waals surface area contributed by atoms with E-state index in [9.17, 15) is 9.59 Å². The number of hydrogen-bond acceptors (Lipinski definition) is 5. The van der Waals surface area contributed by atoms with Gasteiger partial charge in [0.1, 0.15) is 5.52 Å². The molecule has 0 N–H and O–H groups in total. The van der Waals surface area contributed by atoms with Crippen molar-refractivity contribution in [2.75, 3.05) is 4.90 Å². The number of nitrogens with zero attached hydrogens (tertiary/aromatic N) is 2. The summed E-state index contributed by atoms with van der Waals surface area (Å²) in [4.78, 5) is 32.0. The van der Waals surface area contributed by atoms with Crippen LogP contribution in [0.25, 0.3) is 11.1 Å². The first-order chi connectivity index (χ1) is 11.8. The number of carbonyl (C=O) groups is 2. The van der Waals surface area contributed by atoms with Crippen molar-refractivity contribution in [3.8, 4) is 0 Å². The minimum absolute atomic E-state index is 0.241. The number of aryl methyl sites for hydroxylation is 1. The Labute approximate surface area is 151 Å². The zero-order chi connectivity index (χ0) is 17.7. The van der Waals surface area contributed by atoms with Crippen molar-refractivity contribution in [1.29, 1.82) is 0 Å². The Morgan fingerprint density at radius 2 is 1.72 bits per heavy atom. The van der Waals surface area contributed by atoms with E-state index in [2.05, 4.69) is 20.9 Å². The molecule has 2 amide bonds. The minimum atomic E-state index is -0.741. The standard InChI is InChI=1S/C18H15BrN2O4/c1-8-20-13-10(5-4-9(19)14(13)24-8)21-15(22)11-12(16(21)23)18(3)7-6-17(11,2)25-18/h4-7,11-12H,1-3H3. The molecule has 5 rings (SSSR count). The van der Waals surface area contributed by atoms with Crippen LogP contribution in [0.15, 0.2) is 33.2 Å². The van der Waals surface area contributed by atoms with Crippen molar-refractivity contribution in [3.63, 3.8) is 0 Å². The number of carbonyl (C=O) groups excluding carboxylic acids is 2. The average Bonchev–Trinajstić information content (AvgIpc) is 3.21. The molecule has 2 bridgehead atoms. The van der Waals surface area contributed by atoms with E-state index >= 15 is 0 Å². The largest absolute Gasteiger partial charge is 0.440 e. The van der Waals surface area contributed by atoms with Crippen LogP contribution in [-0.2, 0) is 14.3 Å². The van der Waals surface area contributed by atoms with Crippen molar-refractivity contribution in [2.24, 2.45) is 11.8 Å². The van der Waals surface area contributed by atoms with Crippen molar-refractivity contribution < 1.29 is 18.7 Å². The van der Waals surface area contributed by atoms with Gasteiger partial charge in [-0.1, -0.05) is 12.2 Å². The van der Waals surface area contributed by atoms with Gasteiger partial charge in [0, 0.05) is 6.92 Å². The van der Waals surface area contributed by atoms with Crippen LogP contribution in [0.5, 0.6) is 0 Å². The second kappa shape index (κ2) is 4.40. The maximum Gasteiger partial charge on any atom is 0.241 e. The van der Waals surface area contributed by atoms with Crippen molar-refractivity contribution in [1.82, 2.24) is 4.98 Å². The van der Waals surface area contributed by atoms with Gasteiger partial charge >= 0.3 is 0 Å². The molecule has 4 unspecified atom stereocenters. The first-order valence-corrected chi connectivity index (χ1v) is 8.88. The Morgan fingerprint density at radius 1 is 1.12 bits per heavy atom. The highest BCUT2D eigenvalue weighted by Gasteiger charge is 2.70. The smallest absolute Gasteiger partial charge is 0.241 e. The van der Waals surface area contributed by atoms with Gasteiger partial charge in [-0.15, -0.1) is 0 Å². The van der Waals surface area contributed by atoms with Crippen molar-refractivity contribution in [2.45, 2.75) is 32.0 Å². The van der Waals surface area contributed by atoms with Gasteiger partial charge in [0.05, 0.1) is 33.2 Å². The summed E-state index contributed by atoms with van der Waals surface area (Å²) in [5, 5.41) is 0. The number of fused-ring (bicyclic) bond motifs is 6. The molecule has 2 fully saturated rings. The van der Waals surface area contributed by atoms with Crippen LogP contribution in [-0.4, -0.2) is 28.0 Å². The van der Waals surface area contributed by atoms with Crippen LogP contribution >= 0.6 is 15.9 Å². The summed E-state index contributed by atoms with van der Waals surface area (Å²) in [5.41, 5.74) is 0.0168. The van der Waals surface area contributed by atoms with E-state index < -0.39 is 23.0 Å². The second-order valence-corrected chi connectivity index (χ2v) is 8.10. The average molecular weight is 403 g/mol. The number of halogens is 1. The minimum Gasteiger partial charge on any atom is -0.440 e. The number of aromatic nitrogens is 1. The summed E-state index contributed by atoms with van der Waals surface area (Å²) in [6.07, 6.45) is 3.81. The lowest BCUT2D eigenvalue weighted by Crippen LogP contribution is -2.39. The van der Waals surface area contributed by atoms with E-state index in [0.717, 1.165) is 4.47 Å². The van der Waals surface area contributed by atoms with Gasteiger partial charge in [-0.3, -0.25) is 9.59 Å². The van der Waals surface area contributed by atoms with Crippen LogP contribution in [0.2, 0.25) is 0 Å². The summed E-state index contributed by atoms with van der Waals surface area (Å²) in [6.45, 7) is 5.47. The van der Waals surface area contributed by atoms with E-state index in [1.54, 1.807) is 19.1 Å². The van der Waals surface area contributed by atoms with Crippen LogP contribution in [0.4, 0.5) is 5.69 Å². The van der Waals surface area contributed by atoms with Crippen molar-refractivity contribution in [3.05, 3.63) is 34.6 Å². The molecule has 3 aliphatic heterocycles. The number of imide groups is 1. The van der Waals surface area contributed by atoms with E-state index in [-0.39, 0.29) is 11.8 Å². The molecule has 4 atom stereocenters. The zero-order valence-corrected chi connectivity index (χ0v) is 15.5. The van der Waals surface area contributed by atoms with Gasteiger partial charge in [0.25, 0.3) is 0 Å². The van der Waals surface area contributed by atoms with E-state index in [0.29, 0.717) is 22.7 Å². The summed E-state index contributed by atoms with van der Waals surface area (Å²) in [5.74, 6) is -1.03. The topological polar surface area (TPSA) is 72.6 Å². The molecule has 128 valence electrons. The first-order valence-electron chi connectivity index (χ1n) is 8.09. The zero-order valence-electron chi connectivity index (χ0n) is 13.9. The Balaban J connectivity index is 1.70. The van der Waals surface area contributed by atoms with E-state index in [1.807, 2.05) is 26.0 Å². The summed E-state index contributed by atoms with van der Waals surface area (Å²) < 4.78 is 12.4. The Bertz CT molecular complexity index is 976. The van der Waals surface area contributed by atoms with Gasteiger partial charge in [0.2, 0.25) is 11.8 Å². The highest BCUT2D eigenvalue weighted by Crippen LogP contribution is 2.57. The monoisotopic (exact) mass is 402 g/mol. The van der Waals surface area contributed by atoms with Gasteiger partial charge in [-0.25, -0.2) is 9.88 Å². The third-order valence-electron chi connectivity index (χ3n) is 5.55. The molecule has 1 aromatic heterocycles. The number of oxazole rings is 1. The molecule has 0 aliphatic carbocycles. The molecule has 4 heterocycles. The molecule has 1 aromatic carbocycles. The Hall–Kier alpha value is -1.99. The summed E-state index contributed by atoms with van der Waals surface area (Å²) in [6, 6.07) is 3.50. The first kappa shape index (κ1) is 15.3. The number of benzene rings is 1. The molecule has 6 nitrogen and oxygen atoms in total. The summed E-state index contributed by atoms with van der Waals surface area (Å²) >= 11 is 3.43. The van der Waals surface area contributed by atoms with E-state index in [1.165, 1.54) is 4.90 Å². The Kier molecular flexibility index (Phi) is 2.69. The fourth-order valence-corrected chi connectivity index (χ4v) is 4.92. The molecule has 0 spiro atoms. The molecule has 7 heteroatoms. The number of hydrogen-bond donors (Lipinski definition) is 0. The molecule has 0 saturated carbocycles. The van der Waals surface area contributed by atoms with Crippen LogP contribution in [0, 0.1) is 18.8 Å². The van der Waals surface area contributed by atoms with Crippen LogP contribution in [0.3, 0.4) is 0 Å². The third-order valence-corrected chi connectivity index (χ3v) is 6.17. The maximum absolute atomic E-state index is 13.2. The number of ether oxygens (including phenoxy) is 1. The van der Waals surface area contributed by atoms with Gasteiger partial charge in [-0.05, 0) is 41.9 Å². The van der Waals surface area contributed by atoms with Crippen molar-refractivity contribution >= 4 is 44.5 Å². The fraction of sp³-hybridized carbons (Fsp3) is 0.389. The number of rotatable bonds is 1. The number of amides is 2. The molecule has 2 saturated heterocycles. The maximum atomic E-state index is 13.2. The molecule has 2 aromatic rings. The SMILES string of the molecule is Cc1nc2c(N3C(=O)C4C(C3=O)C3(C)C=CC4(C)O3)ccc(Br)c2o1. The molecular weight excluding hydrogens is 388 g/mol. The molecule has 0 radical (unpaired) electrons. The highest BCUT2D eigenvalue weighted by molar-refractivity contribution is 9.10. The molecular formula is C18H15BrN2O4. The van der Waals surface area contributed by atoms with Gasteiger partial charge in [-0.2, -0.15) is 0 Å². The molecule has 25 heavy (non-hydrogen) atoms. The second-order valence-electron chi connectivity index (χ2n) is 7.25. The Morgan fingerprint density at radius 3 is 2.32 bits per heavy atom. The third kappa shape index (κ3) is 1.70. The lowest BCUT2D eigenvalue weighted by atomic mass is 9.73. The lowest BCUT2D eigenvalue weighted by molar-refractivity contribution is -0.128. The number of anilines is 1. The predicted octanol–water partition coefficient (Wildman–Crippen LogP) is 3.12. The van der Waals surface area contributed by atoms with Gasteiger partial charge < -0.3 is 9.15 Å². The normalized spacial score (nSPS) is 36.1. The molecule has 3 aliphatic rings. The van der Waals surface area contributed by atoms with Crippen LogP contribution < -0.4 is 4.90 Å².